The van der Waals surface area contributed by atoms with Crippen molar-refractivity contribution in [3.8, 4) is 5.75 Å². The second-order valence-corrected chi connectivity index (χ2v) is 9.85. The maximum Gasteiger partial charge on any atom is 0.258 e. The molecule has 1 saturated carbocycles. The molecule has 172 valence electrons. The molecule has 3 fully saturated rings. The van der Waals surface area contributed by atoms with Crippen LogP contribution in [0.4, 0.5) is 0 Å². The predicted molar refractivity (Wildman–Crippen MR) is 119 cm³/mol. The molecule has 4 atom stereocenters. The first kappa shape index (κ1) is 21.3. The Balaban J connectivity index is 1.30. The van der Waals surface area contributed by atoms with Crippen molar-refractivity contribution in [1.29, 1.82) is 0 Å². The van der Waals surface area contributed by atoms with Crippen LogP contribution in [0, 0.1) is 5.92 Å². The lowest BCUT2D eigenvalue weighted by Crippen LogP contribution is -2.57. The normalized spacial score (nSPS) is 31.2. The van der Waals surface area contributed by atoms with Crippen molar-refractivity contribution in [2.45, 2.75) is 82.5 Å². The smallest absolute Gasteiger partial charge is 0.258 e. The molecular weight excluding hydrogens is 406 g/mol. The summed E-state index contributed by atoms with van der Waals surface area (Å²) >= 11 is 0. The summed E-state index contributed by atoms with van der Waals surface area (Å²) in [6.45, 7) is 3.04. The van der Waals surface area contributed by atoms with E-state index >= 15 is 0 Å². The zero-order valence-electron chi connectivity index (χ0n) is 18.8. The number of nitrogens with one attached hydrogen (secondary N) is 1. The molecule has 3 amide bonds. The largest absolute Gasteiger partial charge is 0.467 e. The molecule has 3 aliphatic heterocycles. The minimum Gasteiger partial charge on any atom is -0.467 e. The van der Waals surface area contributed by atoms with E-state index in [1.54, 1.807) is 17.0 Å². The van der Waals surface area contributed by atoms with Crippen LogP contribution in [0.1, 0.15) is 75.1 Å². The van der Waals surface area contributed by atoms with Gasteiger partial charge in [0.25, 0.3) is 5.91 Å². The molecule has 0 aromatic heterocycles. The highest BCUT2D eigenvalue weighted by atomic mass is 16.5. The highest BCUT2D eigenvalue weighted by Crippen LogP contribution is 2.37. The number of amides is 3. The van der Waals surface area contributed by atoms with Crippen molar-refractivity contribution in [3.05, 3.63) is 29.8 Å². The van der Waals surface area contributed by atoms with Gasteiger partial charge < -0.3 is 19.9 Å². The summed E-state index contributed by atoms with van der Waals surface area (Å²) in [4.78, 5) is 43.0. The van der Waals surface area contributed by atoms with E-state index in [0.29, 0.717) is 42.7 Å². The van der Waals surface area contributed by atoms with Crippen molar-refractivity contribution in [1.82, 2.24) is 15.1 Å². The summed E-state index contributed by atoms with van der Waals surface area (Å²) in [6.07, 6.45) is 8.12. The molecule has 1 aromatic carbocycles. The monoisotopic (exact) mass is 439 g/mol. The average molecular weight is 440 g/mol. The molecule has 4 aliphatic rings. The number of fused-ring (bicyclic) bond motifs is 2. The Morgan fingerprint density at radius 1 is 1.09 bits per heavy atom. The Morgan fingerprint density at radius 3 is 2.75 bits per heavy atom. The second-order valence-electron chi connectivity index (χ2n) is 9.85. The molecule has 0 bridgehead atoms. The lowest BCUT2D eigenvalue weighted by molar-refractivity contribution is -0.149. The van der Waals surface area contributed by atoms with Crippen molar-refractivity contribution >= 4 is 17.7 Å². The molecule has 3 heterocycles. The first-order chi connectivity index (χ1) is 15.5. The first-order valence-corrected chi connectivity index (χ1v) is 12.2. The Kier molecular flexibility index (Phi) is 5.59. The van der Waals surface area contributed by atoms with Crippen LogP contribution in [0.3, 0.4) is 0 Å². The zero-order chi connectivity index (χ0) is 22.3. The van der Waals surface area contributed by atoms with E-state index in [2.05, 4.69) is 10.2 Å². The molecule has 1 aromatic rings. The second kappa shape index (κ2) is 8.41. The molecule has 5 rings (SSSR count). The molecule has 0 unspecified atom stereocenters. The average Bonchev–Trinajstić information content (AvgIpc) is 2.96. The van der Waals surface area contributed by atoms with Gasteiger partial charge in [0, 0.05) is 38.4 Å². The van der Waals surface area contributed by atoms with Crippen LogP contribution in [0.5, 0.6) is 5.75 Å². The molecule has 1 aliphatic carbocycles. The molecule has 7 heteroatoms. The number of carbonyl (C=O) groups is 3. The Morgan fingerprint density at radius 2 is 1.88 bits per heavy atom. The van der Waals surface area contributed by atoms with Gasteiger partial charge in [-0.05, 0) is 50.7 Å². The van der Waals surface area contributed by atoms with E-state index < -0.39 is 11.8 Å². The standard InChI is InChI=1S/C25H33N3O4/c1-17(24(31)28-15-6-8-18-7-2-4-10-20(18)28)27-16-14-25(13-12-22(27)29)26-23(30)19-9-3-5-11-21(19)32-25/h3,5,9,11,17-18,20H,2,4,6-8,10,12-16H2,1H3,(H,26,30)/t17-,18-,20+,25+/m1/s1. The van der Waals surface area contributed by atoms with Crippen LogP contribution in [-0.2, 0) is 9.59 Å². The summed E-state index contributed by atoms with van der Waals surface area (Å²) in [5, 5.41) is 3.00. The minimum atomic E-state index is -0.905. The van der Waals surface area contributed by atoms with Gasteiger partial charge in [-0.15, -0.1) is 0 Å². The Bertz CT molecular complexity index is 916. The zero-order valence-corrected chi connectivity index (χ0v) is 18.8. The van der Waals surface area contributed by atoms with Crippen LogP contribution in [0.15, 0.2) is 24.3 Å². The number of para-hydroxylation sites is 1. The van der Waals surface area contributed by atoms with Gasteiger partial charge in [0.15, 0.2) is 5.72 Å². The fourth-order valence-corrected chi connectivity index (χ4v) is 6.17. The van der Waals surface area contributed by atoms with Crippen molar-refractivity contribution in [2.24, 2.45) is 5.92 Å². The van der Waals surface area contributed by atoms with E-state index in [1.165, 1.54) is 25.7 Å². The number of rotatable bonds is 2. The van der Waals surface area contributed by atoms with Gasteiger partial charge in [0.05, 0.1) is 5.56 Å². The summed E-state index contributed by atoms with van der Waals surface area (Å²) in [5.74, 6) is 1.02. The lowest BCUT2D eigenvalue weighted by Gasteiger charge is -2.46. The van der Waals surface area contributed by atoms with Gasteiger partial charge in [0.2, 0.25) is 11.8 Å². The van der Waals surface area contributed by atoms with Crippen LogP contribution in [0.25, 0.3) is 0 Å². The number of ether oxygens (including phenoxy) is 1. The number of nitrogens with zero attached hydrogens (tertiary/aromatic N) is 2. The van der Waals surface area contributed by atoms with Crippen LogP contribution >= 0.6 is 0 Å². The van der Waals surface area contributed by atoms with Gasteiger partial charge in [0.1, 0.15) is 11.8 Å². The minimum absolute atomic E-state index is 0.0448. The topological polar surface area (TPSA) is 79.0 Å². The van der Waals surface area contributed by atoms with E-state index in [0.717, 1.165) is 19.4 Å². The maximum absolute atomic E-state index is 13.5. The number of likely N-dealkylation sites (tertiary alicyclic amines) is 2. The fraction of sp³-hybridized carbons (Fsp3) is 0.640. The number of hydrogen-bond acceptors (Lipinski definition) is 4. The summed E-state index contributed by atoms with van der Waals surface area (Å²) < 4.78 is 6.23. The lowest BCUT2D eigenvalue weighted by atomic mass is 9.78. The predicted octanol–water partition coefficient (Wildman–Crippen LogP) is 3.09. The van der Waals surface area contributed by atoms with Gasteiger partial charge in [-0.3, -0.25) is 14.4 Å². The van der Waals surface area contributed by atoms with E-state index in [-0.39, 0.29) is 24.1 Å². The van der Waals surface area contributed by atoms with Gasteiger partial charge in [-0.2, -0.15) is 0 Å². The number of hydrogen-bond donors (Lipinski definition) is 1. The molecule has 0 radical (unpaired) electrons. The molecule has 2 saturated heterocycles. The summed E-state index contributed by atoms with van der Waals surface area (Å²) in [5.41, 5.74) is -0.390. The molecule has 1 spiro atoms. The fourth-order valence-electron chi connectivity index (χ4n) is 6.17. The third-order valence-electron chi connectivity index (χ3n) is 7.95. The Hall–Kier alpha value is -2.57. The summed E-state index contributed by atoms with van der Waals surface area (Å²) in [6, 6.07) is 7.02. The van der Waals surface area contributed by atoms with E-state index in [4.69, 9.17) is 4.74 Å². The van der Waals surface area contributed by atoms with E-state index in [1.807, 2.05) is 19.1 Å². The first-order valence-electron chi connectivity index (χ1n) is 12.2. The molecule has 7 nitrogen and oxygen atoms in total. The number of benzene rings is 1. The highest BCUT2D eigenvalue weighted by molar-refractivity contribution is 5.98. The van der Waals surface area contributed by atoms with Crippen LogP contribution in [0.2, 0.25) is 0 Å². The van der Waals surface area contributed by atoms with Crippen molar-refractivity contribution < 1.29 is 19.1 Å². The third kappa shape index (κ3) is 3.76. The SMILES string of the molecule is C[C@H](C(=O)N1CCC[C@H]2CCCC[C@@H]21)N1CC[C@@]2(CCC1=O)NC(=O)c1ccccc1O2. The highest BCUT2D eigenvalue weighted by Gasteiger charge is 2.45. The summed E-state index contributed by atoms with van der Waals surface area (Å²) in [7, 11) is 0. The number of carbonyl (C=O) groups excluding carboxylic acids is 3. The third-order valence-corrected chi connectivity index (χ3v) is 7.95. The van der Waals surface area contributed by atoms with Crippen molar-refractivity contribution in [2.75, 3.05) is 13.1 Å². The molecule has 1 N–H and O–H groups in total. The number of piperidine rings is 1. The van der Waals surface area contributed by atoms with Gasteiger partial charge in [-0.25, -0.2) is 0 Å². The maximum atomic E-state index is 13.5. The Labute approximate surface area is 189 Å². The van der Waals surface area contributed by atoms with Crippen LogP contribution in [-0.4, -0.2) is 58.4 Å². The molecule has 32 heavy (non-hydrogen) atoms. The van der Waals surface area contributed by atoms with Gasteiger partial charge >= 0.3 is 0 Å². The van der Waals surface area contributed by atoms with Gasteiger partial charge in [-0.1, -0.05) is 25.0 Å². The van der Waals surface area contributed by atoms with Crippen LogP contribution < -0.4 is 10.1 Å². The van der Waals surface area contributed by atoms with E-state index in [9.17, 15) is 14.4 Å². The quantitative estimate of drug-likeness (QED) is 0.768. The van der Waals surface area contributed by atoms with Crippen molar-refractivity contribution in [3.63, 3.8) is 0 Å². The molecular formula is C25H33N3O4.